The fraction of sp³-hybridized carbons (Fsp3) is 0.211. The lowest BCUT2D eigenvalue weighted by atomic mass is 10.2. The summed E-state index contributed by atoms with van der Waals surface area (Å²) in [5.41, 5.74) is 2.19. The molecule has 2 aromatic rings. The van der Waals surface area contributed by atoms with E-state index in [1.807, 2.05) is 18.2 Å². The molecule has 0 unspecified atom stereocenters. The van der Waals surface area contributed by atoms with Gasteiger partial charge in [0.2, 0.25) is 5.91 Å². The second kappa shape index (κ2) is 9.53. The lowest BCUT2D eigenvalue weighted by Gasteiger charge is -2.10. The predicted octanol–water partition coefficient (Wildman–Crippen LogP) is 4.09. The van der Waals surface area contributed by atoms with Crippen LogP contribution in [0.25, 0.3) is 6.08 Å². The number of hydrogen-bond donors (Lipinski definition) is 1. The van der Waals surface area contributed by atoms with E-state index in [2.05, 4.69) is 10.1 Å². The number of carbonyl (C=O) groups is 1. The van der Waals surface area contributed by atoms with Crippen LogP contribution in [0, 0.1) is 0 Å². The molecule has 0 radical (unpaired) electrons. The Bertz CT molecular complexity index is 778. The molecule has 0 spiro atoms. The van der Waals surface area contributed by atoms with Gasteiger partial charge in [-0.15, -0.1) is 0 Å². The van der Waals surface area contributed by atoms with Crippen LogP contribution in [0.1, 0.15) is 11.1 Å². The molecule has 5 nitrogen and oxygen atoms in total. The molecule has 0 aliphatic carbocycles. The maximum absolute atomic E-state index is 12.3. The molecule has 0 aliphatic rings. The van der Waals surface area contributed by atoms with Gasteiger partial charge in [0.05, 0.1) is 13.7 Å². The van der Waals surface area contributed by atoms with Crippen molar-refractivity contribution < 1.29 is 27.8 Å². The lowest BCUT2D eigenvalue weighted by Crippen LogP contribution is -2.08. The van der Waals surface area contributed by atoms with Crippen LogP contribution in [0.5, 0.6) is 11.5 Å². The summed E-state index contributed by atoms with van der Waals surface area (Å²) in [5.74, 6) is -0.245. The minimum absolute atomic E-state index is 0.0703. The van der Waals surface area contributed by atoms with Gasteiger partial charge in [-0.1, -0.05) is 18.2 Å². The third-order valence-electron chi connectivity index (χ3n) is 3.34. The van der Waals surface area contributed by atoms with Gasteiger partial charge >= 0.3 is 6.61 Å². The van der Waals surface area contributed by atoms with Crippen LogP contribution in [0.4, 0.5) is 14.5 Å². The molecule has 0 aromatic heterocycles. The average molecular weight is 363 g/mol. The van der Waals surface area contributed by atoms with Crippen LogP contribution < -0.4 is 14.8 Å². The topological polar surface area (TPSA) is 56.8 Å². The molecular weight excluding hydrogens is 344 g/mol. The Morgan fingerprint density at radius 2 is 1.96 bits per heavy atom. The summed E-state index contributed by atoms with van der Waals surface area (Å²) in [7, 11) is 2.95. The smallest absolute Gasteiger partial charge is 0.387 e. The first-order valence-corrected chi connectivity index (χ1v) is 7.71. The summed E-state index contributed by atoms with van der Waals surface area (Å²) in [5, 5.41) is 2.74. The van der Waals surface area contributed by atoms with Gasteiger partial charge in [0.15, 0.2) is 11.5 Å². The summed E-state index contributed by atoms with van der Waals surface area (Å²) >= 11 is 0. The minimum atomic E-state index is -2.94. The van der Waals surface area contributed by atoms with Crippen LogP contribution in [0.15, 0.2) is 48.5 Å². The standard InChI is InChI=1S/C19H19F2NO4/c1-24-12-14-4-3-5-15(10-14)22-18(23)9-7-13-6-8-16(26-19(20)21)17(11-13)25-2/h3-11,19H,12H2,1-2H3,(H,22,23)/b9-7+. The van der Waals surface area contributed by atoms with E-state index in [1.165, 1.54) is 25.3 Å². The second-order valence-corrected chi connectivity index (χ2v) is 5.24. The Balaban J connectivity index is 2.04. The maximum atomic E-state index is 12.3. The molecule has 2 rings (SSSR count). The second-order valence-electron chi connectivity index (χ2n) is 5.24. The van der Waals surface area contributed by atoms with Gasteiger partial charge in [-0.2, -0.15) is 8.78 Å². The van der Waals surface area contributed by atoms with Crippen LogP contribution in [-0.4, -0.2) is 26.7 Å². The van der Waals surface area contributed by atoms with E-state index < -0.39 is 6.61 Å². The number of methoxy groups -OCH3 is 2. The first kappa shape index (κ1) is 19.4. The van der Waals surface area contributed by atoms with Gasteiger partial charge in [-0.25, -0.2) is 0 Å². The number of halogens is 2. The molecule has 0 saturated carbocycles. The van der Waals surface area contributed by atoms with E-state index >= 15 is 0 Å². The SMILES string of the molecule is COCc1cccc(NC(=O)/C=C/c2ccc(OC(F)F)c(OC)c2)c1. The molecule has 2 aromatic carbocycles. The van der Waals surface area contributed by atoms with Crippen molar-refractivity contribution in [1.29, 1.82) is 0 Å². The zero-order chi connectivity index (χ0) is 18.9. The molecule has 138 valence electrons. The van der Waals surface area contributed by atoms with Crippen LogP contribution in [0.2, 0.25) is 0 Å². The zero-order valence-corrected chi connectivity index (χ0v) is 14.4. The highest BCUT2D eigenvalue weighted by atomic mass is 19.3. The number of amides is 1. The molecule has 26 heavy (non-hydrogen) atoms. The summed E-state index contributed by atoms with van der Waals surface area (Å²) in [6, 6.07) is 11.7. The van der Waals surface area contributed by atoms with Gasteiger partial charge in [0.25, 0.3) is 0 Å². The number of rotatable bonds is 8. The van der Waals surface area contributed by atoms with Crippen LogP contribution in [0.3, 0.4) is 0 Å². The van der Waals surface area contributed by atoms with Gasteiger partial charge in [-0.3, -0.25) is 4.79 Å². The summed E-state index contributed by atoms with van der Waals surface area (Å²) in [4.78, 5) is 12.0. The Labute approximate surface area is 150 Å². The number of carbonyl (C=O) groups excluding carboxylic acids is 1. The van der Waals surface area contributed by atoms with E-state index in [9.17, 15) is 13.6 Å². The van der Waals surface area contributed by atoms with Gasteiger partial charge in [0.1, 0.15) is 0 Å². The first-order valence-electron chi connectivity index (χ1n) is 7.71. The number of ether oxygens (including phenoxy) is 3. The molecule has 0 aliphatic heterocycles. The van der Waals surface area contributed by atoms with E-state index in [1.54, 1.807) is 25.3 Å². The van der Waals surface area contributed by atoms with Crippen molar-refractivity contribution in [3.63, 3.8) is 0 Å². The van der Waals surface area contributed by atoms with Crippen molar-refractivity contribution in [2.24, 2.45) is 0 Å². The third kappa shape index (κ3) is 5.86. The highest BCUT2D eigenvalue weighted by Gasteiger charge is 2.10. The van der Waals surface area contributed by atoms with Crippen LogP contribution in [-0.2, 0) is 16.1 Å². The molecule has 0 atom stereocenters. The number of hydrogen-bond acceptors (Lipinski definition) is 4. The quantitative estimate of drug-likeness (QED) is 0.718. The van der Waals surface area contributed by atoms with Crippen molar-refractivity contribution in [1.82, 2.24) is 0 Å². The van der Waals surface area contributed by atoms with E-state index in [-0.39, 0.29) is 17.4 Å². The van der Waals surface area contributed by atoms with E-state index in [0.717, 1.165) is 5.56 Å². The van der Waals surface area contributed by atoms with Gasteiger partial charge < -0.3 is 19.5 Å². The number of alkyl halides is 2. The number of nitrogens with one attached hydrogen (secondary N) is 1. The highest BCUT2D eigenvalue weighted by Crippen LogP contribution is 2.29. The van der Waals surface area contributed by atoms with Crippen molar-refractivity contribution in [2.45, 2.75) is 13.2 Å². The fourth-order valence-electron chi connectivity index (χ4n) is 2.24. The molecule has 0 saturated heterocycles. The Morgan fingerprint density at radius 1 is 1.15 bits per heavy atom. The molecule has 7 heteroatoms. The van der Waals surface area contributed by atoms with E-state index in [4.69, 9.17) is 9.47 Å². The molecule has 0 heterocycles. The predicted molar refractivity (Wildman–Crippen MR) is 94.4 cm³/mol. The Hall–Kier alpha value is -2.93. The normalized spacial score (nSPS) is 11.0. The van der Waals surface area contributed by atoms with Gasteiger partial charge in [-0.05, 0) is 41.5 Å². The molecule has 1 N–H and O–H groups in total. The largest absolute Gasteiger partial charge is 0.493 e. The van der Waals surface area contributed by atoms with Crippen molar-refractivity contribution in [2.75, 3.05) is 19.5 Å². The van der Waals surface area contributed by atoms with Crippen LogP contribution >= 0.6 is 0 Å². The monoisotopic (exact) mass is 363 g/mol. The summed E-state index contributed by atoms with van der Waals surface area (Å²) in [6.45, 7) is -2.49. The number of anilines is 1. The molecule has 0 bridgehead atoms. The fourth-order valence-corrected chi connectivity index (χ4v) is 2.24. The molecular formula is C19H19F2NO4. The lowest BCUT2D eigenvalue weighted by molar-refractivity contribution is -0.111. The van der Waals surface area contributed by atoms with Crippen molar-refractivity contribution in [3.8, 4) is 11.5 Å². The average Bonchev–Trinajstić information content (AvgIpc) is 2.61. The minimum Gasteiger partial charge on any atom is -0.493 e. The Morgan fingerprint density at radius 3 is 2.65 bits per heavy atom. The summed E-state index contributed by atoms with van der Waals surface area (Å²) in [6.07, 6.45) is 2.88. The van der Waals surface area contributed by atoms with E-state index in [0.29, 0.717) is 17.9 Å². The zero-order valence-electron chi connectivity index (χ0n) is 14.4. The summed E-state index contributed by atoms with van der Waals surface area (Å²) < 4.78 is 39.1. The Kier molecular flexibility index (Phi) is 7.11. The number of benzene rings is 2. The highest BCUT2D eigenvalue weighted by molar-refractivity contribution is 6.02. The third-order valence-corrected chi connectivity index (χ3v) is 3.34. The maximum Gasteiger partial charge on any atom is 0.387 e. The molecule has 1 amide bonds. The first-order chi connectivity index (χ1) is 12.5. The van der Waals surface area contributed by atoms with Crippen molar-refractivity contribution in [3.05, 3.63) is 59.7 Å². The molecule has 0 fully saturated rings. The van der Waals surface area contributed by atoms with Crippen molar-refractivity contribution >= 4 is 17.7 Å². The van der Waals surface area contributed by atoms with Gasteiger partial charge in [0, 0.05) is 18.9 Å².